The highest BCUT2D eigenvalue weighted by molar-refractivity contribution is 5.90. The number of ether oxygens (including phenoxy) is 6. The second-order valence-corrected chi connectivity index (χ2v) is 8.94. The van der Waals surface area contributed by atoms with Crippen molar-refractivity contribution in [1.82, 2.24) is 0 Å². The van der Waals surface area contributed by atoms with Crippen LogP contribution in [0.25, 0.3) is 11.1 Å². The quantitative estimate of drug-likeness (QED) is 0.395. The monoisotopic (exact) mass is 500 g/mol. The van der Waals surface area contributed by atoms with E-state index in [-0.39, 0.29) is 23.3 Å². The fraction of sp³-hybridized carbons (Fsp3) is 0.464. The van der Waals surface area contributed by atoms with Crippen LogP contribution < -0.4 is 23.7 Å². The average molecular weight is 501 g/mol. The Morgan fingerprint density at radius 3 is 2.00 bits per heavy atom. The number of phenolic OH excluding ortho intramolecular Hbond substituents is 1. The second-order valence-electron chi connectivity index (χ2n) is 8.94. The summed E-state index contributed by atoms with van der Waals surface area (Å²) < 4.78 is 34.3. The number of aromatic hydroxyl groups is 1. The topological polar surface area (TPSA) is 92.7 Å². The van der Waals surface area contributed by atoms with Crippen LogP contribution in [0, 0.1) is 11.8 Å². The molecule has 0 spiro atoms. The molecule has 0 fully saturated rings. The summed E-state index contributed by atoms with van der Waals surface area (Å²) in [5, 5.41) is 11.5. The fourth-order valence-electron chi connectivity index (χ4n) is 4.74. The molecule has 1 aliphatic rings. The van der Waals surface area contributed by atoms with E-state index < -0.39 is 12.1 Å². The highest BCUT2D eigenvalue weighted by Gasteiger charge is 2.39. The van der Waals surface area contributed by atoms with Gasteiger partial charge in [0.2, 0.25) is 11.5 Å². The lowest BCUT2D eigenvalue weighted by atomic mass is 9.75. The van der Waals surface area contributed by atoms with Crippen LogP contribution >= 0.6 is 0 Å². The summed E-state index contributed by atoms with van der Waals surface area (Å²) in [4.78, 5) is 13.0. The van der Waals surface area contributed by atoms with Gasteiger partial charge in [0.05, 0.1) is 35.5 Å². The lowest BCUT2D eigenvalue weighted by Crippen LogP contribution is -2.27. The molecule has 1 aliphatic carbocycles. The summed E-state index contributed by atoms with van der Waals surface area (Å²) in [7, 11) is 7.56. The average Bonchev–Trinajstić information content (AvgIpc) is 2.88. The first-order valence-electron chi connectivity index (χ1n) is 11.8. The maximum Gasteiger partial charge on any atom is 0.333 e. The van der Waals surface area contributed by atoms with Gasteiger partial charge in [-0.3, -0.25) is 0 Å². The standard InChI is InChI=1S/C28H36O8/c1-10-14(2)28(30)36-24-16(4)15(3)11-17-12-19(31-5)25(33-7)23(29)21(17)22-18(24)13-20(32-6)26(34-8)27(22)35-9/h10,12-13,15-16,24,29H,11H2,1-9H3. The lowest BCUT2D eigenvalue weighted by molar-refractivity contribution is -0.148. The van der Waals surface area contributed by atoms with Crippen molar-refractivity contribution in [2.45, 2.75) is 40.2 Å². The SMILES string of the molecule is CC=C(C)C(=O)OC1c2cc(OC)c(OC)c(OC)c2-c2c(cc(OC)c(OC)c2O)CC(C)C1C. The Hall–Kier alpha value is -3.55. The van der Waals surface area contributed by atoms with Gasteiger partial charge in [0.15, 0.2) is 23.0 Å². The first-order chi connectivity index (χ1) is 17.2. The first kappa shape index (κ1) is 27.0. The molecule has 196 valence electrons. The summed E-state index contributed by atoms with van der Waals surface area (Å²) in [6.07, 6.45) is 1.64. The number of hydrogen-bond acceptors (Lipinski definition) is 8. The van der Waals surface area contributed by atoms with E-state index in [4.69, 9.17) is 28.4 Å². The molecule has 0 heterocycles. The van der Waals surface area contributed by atoms with Gasteiger partial charge >= 0.3 is 5.97 Å². The molecule has 0 radical (unpaired) electrons. The van der Waals surface area contributed by atoms with Crippen LogP contribution in [0.4, 0.5) is 0 Å². The molecule has 2 aromatic carbocycles. The third-order valence-corrected chi connectivity index (χ3v) is 7.05. The van der Waals surface area contributed by atoms with Gasteiger partial charge in [0.25, 0.3) is 0 Å². The molecule has 3 unspecified atom stereocenters. The smallest absolute Gasteiger partial charge is 0.333 e. The molecule has 0 aliphatic heterocycles. The van der Waals surface area contributed by atoms with Gasteiger partial charge in [-0.25, -0.2) is 4.79 Å². The second kappa shape index (κ2) is 11.0. The molecule has 0 saturated carbocycles. The molecule has 0 bridgehead atoms. The predicted molar refractivity (Wildman–Crippen MR) is 137 cm³/mol. The minimum Gasteiger partial charge on any atom is -0.504 e. The summed E-state index contributed by atoms with van der Waals surface area (Å²) in [6.45, 7) is 7.65. The summed E-state index contributed by atoms with van der Waals surface area (Å²) in [5.74, 6) is 1.18. The Balaban J connectivity index is 2.51. The van der Waals surface area contributed by atoms with E-state index in [0.29, 0.717) is 51.7 Å². The van der Waals surface area contributed by atoms with E-state index in [9.17, 15) is 9.90 Å². The van der Waals surface area contributed by atoms with Gasteiger partial charge in [-0.2, -0.15) is 0 Å². The molecule has 3 rings (SSSR count). The fourth-order valence-corrected chi connectivity index (χ4v) is 4.74. The largest absolute Gasteiger partial charge is 0.504 e. The van der Waals surface area contributed by atoms with Crippen LogP contribution in [0.1, 0.15) is 44.9 Å². The van der Waals surface area contributed by atoms with Crippen molar-refractivity contribution < 1.29 is 38.3 Å². The van der Waals surface area contributed by atoms with Gasteiger partial charge in [-0.15, -0.1) is 0 Å². The van der Waals surface area contributed by atoms with Crippen molar-refractivity contribution in [2.75, 3.05) is 35.5 Å². The number of phenols is 1. The van der Waals surface area contributed by atoms with Gasteiger partial charge in [0, 0.05) is 28.2 Å². The van der Waals surface area contributed by atoms with Crippen molar-refractivity contribution in [3.63, 3.8) is 0 Å². The number of carbonyl (C=O) groups excluding carboxylic acids is 1. The summed E-state index contributed by atoms with van der Waals surface area (Å²) in [6, 6.07) is 3.65. The number of allylic oxidation sites excluding steroid dienone is 1. The lowest BCUT2D eigenvalue weighted by Gasteiger charge is -2.35. The zero-order valence-electron chi connectivity index (χ0n) is 22.5. The predicted octanol–water partition coefficient (Wildman–Crippen LogP) is 5.48. The van der Waals surface area contributed by atoms with Crippen LogP contribution in [0.2, 0.25) is 0 Å². The van der Waals surface area contributed by atoms with Crippen LogP contribution in [0.5, 0.6) is 34.5 Å². The van der Waals surface area contributed by atoms with E-state index >= 15 is 0 Å². The van der Waals surface area contributed by atoms with E-state index in [1.54, 1.807) is 26.0 Å². The molecule has 0 aromatic heterocycles. The van der Waals surface area contributed by atoms with Crippen molar-refractivity contribution in [3.05, 3.63) is 34.9 Å². The van der Waals surface area contributed by atoms with E-state index in [1.807, 2.05) is 13.0 Å². The normalized spacial score (nSPS) is 19.2. The number of rotatable bonds is 7. The molecule has 3 atom stereocenters. The first-order valence-corrected chi connectivity index (χ1v) is 11.8. The van der Waals surface area contributed by atoms with E-state index in [2.05, 4.69) is 6.92 Å². The third-order valence-electron chi connectivity index (χ3n) is 7.05. The van der Waals surface area contributed by atoms with E-state index in [0.717, 1.165) is 5.56 Å². The molecule has 36 heavy (non-hydrogen) atoms. The van der Waals surface area contributed by atoms with Gasteiger partial charge in [-0.1, -0.05) is 19.9 Å². The zero-order valence-corrected chi connectivity index (χ0v) is 22.5. The molecule has 8 nitrogen and oxygen atoms in total. The Bertz CT molecular complexity index is 1170. The molecule has 0 saturated heterocycles. The highest BCUT2D eigenvalue weighted by atomic mass is 16.5. The molecule has 1 N–H and O–H groups in total. The van der Waals surface area contributed by atoms with Crippen molar-refractivity contribution in [1.29, 1.82) is 0 Å². The molecule has 0 amide bonds. The van der Waals surface area contributed by atoms with Crippen molar-refractivity contribution in [3.8, 4) is 45.6 Å². The van der Waals surface area contributed by atoms with Crippen molar-refractivity contribution >= 4 is 5.97 Å². The number of methoxy groups -OCH3 is 5. The number of benzene rings is 2. The molecular weight excluding hydrogens is 464 g/mol. The maximum atomic E-state index is 13.0. The third kappa shape index (κ3) is 4.52. The Labute approximate surface area is 212 Å². The molecular formula is C28H36O8. The Morgan fingerprint density at radius 2 is 1.47 bits per heavy atom. The van der Waals surface area contributed by atoms with Crippen LogP contribution in [0.3, 0.4) is 0 Å². The number of fused-ring (bicyclic) bond motifs is 3. The maximum absolute atomic E-state index is 13.0. The number of hydrogen-bond donors (Lipinski definition) is 1. The van der Waals surface area contributed by atoms with Gasteiger partial charge < -0.3 is 33.5 Å². The number of carbonyl (C=O) groups is 1. The summed E-state index contributed by atoms with van der Waals surface area (Å²) in [5.41, 5.74) is 3.01. The van der Waals surface area contributed by atoms with Crippen LogP contribution in [-0.2, 0) is 16.0 Å². The minimum absolute atomic E-state index is 0.0669. The van der Waals surface area contributed by atoms with Crippen molar-refractivity contribution in [2.24, 2.45) is 11.8 Å². The zero-order chi connectivity index (χ0) is 26.7. The Morgan fingerprint density at radius 1 is 0.889 bits per heavy atom. The summed E-state index contributed by atoms with van der Waals surface area (Å²) >= 11 is 0. The Kier molecular flexibility index (Phi) is 8.28. The van der Waals surface area contributed by atoms with Gasteiger partial charge in [-0.05, 0) is 43.9 Å². The van der Waals surface area contributed by atoms with E-state index in [1.165, 1.54) is 35.5 Å². The minimum atomic E-state index is -0.660. The van der Waals surface area contributed by atoms with Crippen LogP contribution in [-0.4, -0.2) is 46.6 Å². The van der Waals surface area contributed by atoms with Gasteiger partial charge in [0.1, 0.15) is 6.10 Å². The van der Waals surface area contributed by atoms with Crippen LogP contribution in [0.15, 0.2) is 23.8 Å². The number of esters is 1. The molecule has 8 heteroatoms. The molecule has 2 aromatic rings. The highest BCUT2D eigenvalue weighted by Crippen LogP contribution is 2.57.